The van der Waals surface area contributed by atoms with Crippen molar-refractivity contribution in [2.75, 3.05) is 25.8 Å². The number of nitrogen functional groups attached to an aromatic ring is 2. The number of rotatable bonds is 3. The fourth-order valence-corrected chi connectivity index (χ4v) is 2.17. The average Bonchev–Trinajstić information content (AvgIpc) is 2.74. The largest absolute Gasteiger partial charge is 0.493 e. The van der Waals surface area contributed by atoms with Crippen LogP contribution in [0, 0.1) is 0 Å². The molecule has 0 atom stereocenters. The van der Waals surface area contributed by atoms with Crippen molar-refractivity contribution in [3.63, 3.8) is 0 Å². The van der Waals surface area contributed by atoms with Crippen molar-refractivity contribution < 1.29 is 9.47 Å². The zero-order valence-corrected chi connectivity index (χ0v) is 13.1. The molecule has 1 aromatic heterocycles. The molecule has 0 aliphatic heterocycles. The predicted octanol–water partition coefficient (Wildman–Crippen LogP) is 2.16. The summed E-state index contributed by atoms with van der Waals surface area (Å²) in [6.07, 6.45) is 0. The van der Waals surface area contributed by atoms with E-state index in [0.717, 1.165) is 11.4 Å². The Hall–Kier alpha value is -2.37. The van der Waals surface area contributed by atoms with E-state index in [9.17, 15) is 0 Å². The van der Waals surface area contributed by atoms with Gasteiger partial charge in [0.25, 0.3) is 0 Å². The van der Waals surface area contributed by atoms with Crippen LogP contribution in [0.25, 0.3) is 11.3 Å². The lowest BCUT2D eigenvalue weighted by Gasteiger charge is -2.17. The van der Waals surface area contributed by atoms with Gasteiger partial charge in [-0.1, -0.05) is 20.8 Å². The van der Waals surface area contributed by atoms with Crippen molar-refractivity contribution in [2.45, 2.75) is 26.2 Å². The standard InChI is InChI=1S/C15H22N4O2/c1-15(2,3)14-18-12(13(16)19(14)17)9-6-7-10(20-4)11(8-9)21-5/h6-8H,16-17H2,1-5H3. The lowest BCUT2D eigenvalue weighted by atomic mass is 9.96. The zero-order valence-electron chi connectivity index (χ0n) is 13.1. The molecule has 0 radical (unpaired) electrons. The van der Waals surface area contributed by atoms with Gasteiger partial charge in [0.05, 0.1) is 14.2 Å². The lowest BCUT2D eigenvalue weighted by Crippen LogP contribution is -2.24. The van der Waals surface area contributed by atoms with Crippen LogP contribution < -0.4 is 21.1 Å². The first kappa shape index (κ1) is 15.0. The number of aromatic nitrogens is 2. The summed E-state index contributed by atoms with van der Waals surface area (Å²) < 4.78 is 12.0. The van der Waals surface area contributed by atoms with E-state index in [-0.39, 0.29) is 5.41 Å². The van der Waals surface area contributed by atoms with Crippen molar-refractivity contribution in [2.24, 2.45) is 0 Å². The molecule has 1 heterocycles. The van der Waals surface area contributed by atoms with Crippen molar-refractivity contribution >= 4 is 5.82 Å². The summed E-state index contributed by atoms with van der Waals surface area (Å²) in [4.78, 5) is 4.60. The molecular weight excluding hydrogens is 268 g/mol. The number of methoxy groups -OCH3 is 2. The first-order valence-corrected chi connectivity index (χ1v) is 6.65. The van der Waals surface area contributed by atoms with Crippen LogP contribution in [-0.2, 0) is 5.41 Å². The summed E-state index contributed by atoms with van der Waals surface area (Å²) in [7, 11) is 3.19. The molecule has 21 heavy (non-hydrogen) atoms. The monoisotopic (exact) mass is 290 g/mol. The third-order valence-corrected chi connectivity index (χ3v) is 3.28. The Morgan fingerprint density at radius 1 is 1.10 bits per heavy atom. The van der Waals surface area contributed by atoms with Gasteiger partial charge >= 0.3 is 0 Å². The average molecular weight is 290 g/mol. The first-order chi connectivity index (χ1) is 9.79. The topological polar surface area (TPSA) is 88.3 Å². The normalized spacial score (nSPS) is 11.5. The van der Waals surface area contributed by atoms with Crippen LogP contribution in [0.4, 0.5) is 5.82 Å². The summed E-state index contributed by atoms with van der Waals surface area (Å²) in [6.45, 7) is 6.11. The molecule has 114 valence electrons. The molecule has 0 amide bonds. The summed E-state index contributed by atoms with van der Waals surface area (Å²) in [5.41, 5.74) is 7.38. The molecule has 0 aliphatic rings. The maximum absolute atomic E-state index is 6.10. The second kappa shape index (κ2) is 5.20. The van der Waals surface area contributed by atoms with Crippen molar-refractivity contribution in [1.82, 2.24) is 9.66 Å². The molecule has 0 saturated carbocycles. The highest BCUT2D eigenvalue weighted by Gasteiger charge is 2.24. The van der Waals surface area contributed by atoms with Gasteiger partial charge in [-0.15, -0.1) is 0 Å². The van der Waals surface area contributed by atoms with E-state index in [1.54, 1.807) is 14.2 Å². The fourth-order valence-electron chi connectivity index (χ4n) is 2.17. The highest BCUT2D eigenvalue weighted by atomic mass is 16.5. The van der Waals surface area contributed by atoms with Gasteiger partial charge in [0, 0.05) is 11.0 Å². The van der Waals surface area contributed by atoms with Crippen molar-refractivity contribution in [1.29, 1.82) is 0 Å². The molecule has 6 nitrogen and oxygen atoms in total. The van der Waals surface area contributed by atoms with Crippen LogP contribution >= 0.6 is 0 Å². The third kappa shape index (κ3) is 2.61. The third-order valence-electron chi connectivity index (χ3n) is 3.28. The fraction of sp³-hybridized carbons (Fsp3) is 0.400. The molecular formula is C15H22N4O2. The van der Waals surface area contributed by atoms with Gasteiger partial charge in [0.15, 0.2) is 17.3 Å². The Balaban J connectivity index is 2.58. The Kier molecular flexibility index (Phi) is 3.72. The van der Waals surface area contributed by atoms with Gasteiger partial charge < -0.3 is 21.1 Å². The summed E-state index contributed by atoms with van der Waals surface area (Å²) in [6, 6.07) is 5.54. The first-order valence-electron chi connectivity index (χ1n) is 6.65. The molecule has 6 heteroatoms. The van der Waals surface area contributed by atoms with Crippen LogP contribution in [-0.4, -0.2) is 23.9 Å². The number of nitrogens with two attached hydrogens (primary N) is 2. The highest BCUT2D eigenvalue weighted by Crippen LogP contribution is 2.35. The minimum atomic E-state index is -0.197. The van der Waals surface area contributed by atoms with Gasteiger partial charge in [0.2, 0.25) is 0 Å². The molecule has 0 spiro atoms. The SMILES string of the molecule is COc1ccc(-c2nc(C(C)(C)C)n(N)c2N)cc1OC. The predicted molar refractivity (Wildman–Crippen MR) is 84.0 cm³/mol. The number of hydrogen-bond acceptors (Lipinski definition) is 5. The molecule has 0 aliphatic carbocycles. The van der Waals surface area contributed by atoms with Crippen LogP contribution in [0.1, 0.15) is 26.6 Å². The number of nitrogens with zero attached hydrogens (tertiary/aromatic N) is 2. The minimum absolute atomic E-state index is 0.197. The molecule has 0 bridgehead atoms. The highest BCUT2D eigenvalue weighted by molar-refractivity contribution is 5.73. The van der Waals surface area contributed by atoms with Crippen molar-refractivity contribution in [3.8, 4) is 22.8 Å². The summed E-state index contributed by atoms with van der Waals surface area (Å²) in [5, 5.41) is 0. The van der Waals surface area contributed by atoms with E-state index < -0.39 is 0 Å². The Labute approximate surface area is 124 Å². The molecule has 1 aromatic carbocycles. The van der Waals surface area contributed by atoms with Gasteiger partial charge in [-0.25, -0.2) is 9.66 Å². The Bertz CT molecular complexity index is 656. The van der Waals surface area contributed by atoms with Crippen molar-refractivity contribution in [3.05, 3.63) is 24.0 Å². The van der Waals surface area contributed by atoms with Gasteiger partial charge in [-0.05, 0) is 18.2 Å². The summed E-state index contributed by atoms with van der Waals surface area (Å²) in [5.74, 6) is 8.46. The van der Waals surface area contributed by atoms with Gasteiger partial charge in [-0.3, -0.25) is 0 Å². The maximum Gasteiger partial charge on any atom is 0.161 e. The Morgan fingerprint density at radius 2 is 1.71 bits per heavy atom. The van der Waals surface area contributed by atoms with Crippen LogP contribution in [0.2, 0.25) is 0 Å². The lowest BCUT2D eigenvalue weighted by molar-refractivity contribution is 0.355. The number of benzene rings is 1. The quantitative estimate of drug-likeness (QED) is 0.846. The molecule has 0 saturated heterocycles. The van der Waals surface area contributed by atoms with E-state index in [1.165, 1.54) is 4.68 Å². The second-order valence-corrected chi connectivity index (χ2v) is 5.86. The minimum Gasteiger partial charge on any atom is -0.493 e. The maximum atomic E-state index is 6.10. The smallest absolute Gasteiger partial charge is 0.161 e. The van der Waals surface area contributed by atoms with E-state index in [2.05, 4.69) is 4.98 Å². The van der Waals surface area contributed by atoms with Crippen LogP contribution in [0.5, 0.6) is 11.5 Å². The van der Waals surface area contributed by atoms with E-state index in [4.69, 9.17) is 21.1 Å². The molecule has 2 aromatic rings. The van der Waals surface area contributed by atoms with E-state index >= 15 is 0 Å². The zero-order chi connectivity index (χ0) is 15.8. The molecule has 2 rings (SSSR count). The number of ether oxygens (including phenoxy) is 2. The number of imidazole rings is 1. The van der Waals surface area contributed by atoms with Gasteiger partial charge in [-0.2, -0.15) is 0 Å². The van der Waals surface area contributed by atoms with Crippen LogP contribution in [0.3, 0.4) is 0 Å². The molecule has 4 N–H and O–H groups in total. The number of anilines is 1. The molecule has 0 unspecified atom stereocenters. The van der Waals surface area contributed by atoms with Gasteiger partial charge in [0.1, 0.15) is 11.5 Å². The molecule has 0 fully saturated rings. The van der Waals surface area contributed by atoms with Crippen LogP contribution in [0.15, 0.2) is 18.2 Å². The Morgan fingerprint density at radius 3 is 2.19 bits per heavy atom. The second-order valence-electron chi connectivity index (χ2n) is 5.86. The van der Waals surface area contributed by atoms with E-state index in [1.807, 2.05) is 39.0 Å². The van der Waals surface area contributed by atoms with E-state index in [0.29, 0.717) is 23.0 Å². The number of hydrogen-bond donors (Lipinski definition) is 2. The summed E-state index contributed by atoms with van der Waals surface area (Å²) >= 11 is 0.